The van der Waals surface area contributed by atoms with Crippen molar-refractivity contribution >= 4 is 23.2 Å². The van der Waals surface area contributed by atoms with Crippen molar-refractivity contribution in [2.75, 3.05) is 13.7 Å². The first-order chi connectivity index (χ1) is 13.9. The summed E-state index contributed by atoms with van der Waals surface area (Å²) in [5.41, 5.74) is 2.89. The zero-order valence-corrected chi connectivity index (χ0v) is 17.9. The molecule has 0 aliphatic carbocycles. The molecule has 1 amide bonds. The van der Waals surface area contributed by atoms with Crippen LogP contribution in [0.4, 0.5) is 0 Å². The molecule has 0 spiro atoms. The number of rotatable bonds is 8. The van der Waals surface area contributed by atoms with Crippen molar-refractivity contribution in [1.82, 2.24) is 4.90 Å². The van der Waals surface area contributed by atoms with E-state index in [0.29, 0.717) is 36.9 Å². The van der Waals surface area contributed by atoms with E-state index < -0.39 is 0 Å². The lowest BCUT2D eigenvalue weighted by Gasteiger charge is -2.26. The van der Waals surface area contributed by atoms with E-state index in [2.05, 4.69) is 5.16 Å². The summed E-state index contributed by atoms with van der Waals surface area (Å²) in [4.78, 5) is 20.3. The highest BCUT2D eigenvalue weighted by Crippen LogP contribution is 2.22. The molecule has 0 fully saturated rings. The maximum Gasteiger partial charge on any atom is 0.223 e. The molecule has 6 heteroatoms. The molecular weight excluding hydrogens is 388 g/mol. The first-order valence-electron chi connectivity index (χ1n) is 9.84. The van der Waals surface area contributed by atoms with Gasteiger partial charge in [-0.3, -0.25) is 4.79 Å². The first kappa shape index (κ1) is 21.2. The molecule has 0 saturated heterocycles. The van der Waals surface area contributed by atoms with Gasteiger partial charge >= 0.3 is 0 Å². The van der Waals surface area contributed by atoms with Crippen LogP contribution in [0.15, 0.2) is 53.7 Å². The van der Waals surface area contributed by atoms with E-state index >= 15 is 0 Å². The van der Waals surface area contributed by atoms with Gasteiger partial charge in [0.05, 0.1) is 19.4 Å². The molecule has 3 rings (SSSR count). The van der Waals surface area contributed by atoms with E-state index in [1.165, 1.54) is 0 Å². The molecular formula is C23H27ClN2O3. The van der Waals surface area contributed by atoms with Crippen molar-refractivity contribution in [3.8, 4) is 5.75 Å². The third-order valence-electron chi connectivity index (χ3n) is 4.78. The fourth-order valence-electron chi connectivity index (χ4n) is 3.31. The summed E-state index contributed by atoms with van der Waals surface area (Å²) in [5.74, 6) is 1.21. The number of carbonyl (C=O) groups is 1. The van der Waals surface area contributed by atoms with Crippen LogP contribution in [-0.2, 0) is 16.2 Å². The number of benzene rings is 2. The van der Waals surface area contributed by atoms with Crippen molar-refractivity contribution in [1.29, 1.82) is 0 Å². The van der Waals surface area contributed by atoms with E-state index in [4.69, 9.17) is 21.2 Å². The average Bonchev–Trinajstić information content (AvgIpc) is 3.15. The number of hydrogen-bond donors (Lipinski definition) is 0. The zero-order chi connectivity index (χ0) is 20.8. The Labute approximate surface area is 177 Å². The summed E-state index contributed by atoms with van der Waals surface area (Å²) in [6, 6.07) is 15.4. The quantitative estimate of drug-likeness (QED) is 0.616. The van der Waals surface area contributed by atoms with E-state index in [-0.39, 0.29) is 12.0 Å². The molecule has 0 N–H and O–H groups in total. The highest BCUT2D eigenvalue weighted by atomic mass is 35.5. The second-order valence-electron chi connectivity index (χ2n) is 7.70. The summed E-state index contributed by atoms with van der Waals surface area (Å²) < 4.78 is 5.20. The fraction of sp³-hybridized carbons (Fsp3) is 0.391. The molecule has 1 aliphatic rings. The molecule has 0 aromatic heterocycles. The molecule has 2 aromatic carbocycles. The van der Waals surface area contributed by atoms with Gasteiger partial charge in [-0.1, -0.05) is 42.7 Å². The van der Waals surface area contributed by atoms with Gasteiger partial charge in [-0.2, -0.15) is 0 Å². The van der Waals surface area contributed by atoms with Crippen molar-refractivity contribution in [2.24, 2.45) is 11.1 Å². The maximum absolute atomic E-state index is 12.8. The summed E-state index contributed by atoms with van der Waals surface area (Å²) in [6.07, 6.45) is 0.995. The molecule has 5 nitrogen and oxygen atoms in total. The number of hydrogen-bond acceptors (Lipinski definition) is 4. The molecule has 1 heterocycles. The minimum Gasteiger partial charge on any atom is -0.497 e. The van der Waals surface area contributed by atoms with Gasteiger partial charge in [-0.15, -0.1) is 0 Å². The Bertz CT molecular complexity index is 865. The Morgan fingerprint density at radius 1 is 1.28 bits per heavy atom. The fourth-order valence-corrected chi connectivity index (χ4v) is 3.53. The number of nitrogens with zero attached hydrogens (tertiary/aromatic N) is 2. The van der Waals surface area contributed by atoms with Crippen LogP contribution in [0.25, 0.3) is 0 Å². The maximum atomic E-state index is 12.8. The normalized spacial score (nSPS) is 15.8. The third-order valence-corrected chi connectivity index (χ3v) is 5.01. The van der Waals surface area contributed by atoms with Crippen LogP contribution in [0.2, 0.25) is 5.02 Å². The predicted molar refractivity (Wildman–Crippen MR) is 115 cm³/mol. The summed E-state index contributed by atoms with van der Waals surface area (Å²) in [7, 11) is 1.64. The third kappa shape index (κ3) is 5.97. The molecule has 1 atom stereocenters. The number of ether oxygens (including phenoxy) is 1. The lowest BCUT2D eigenvalue weighted by Crippen LogP contribution is -2.37. The van der Waals surface area contributed by atoms with Gasteiger partial charge in [0.1, 0.15) is 5.75 Å². The molecule has 0 unspecified atom stereocenters. The minimum atomic E-state index is -0.164. The Morgan fingerprint density at radius 3 is 2.69 bits per heavy atom. The Balaban J connectivity index is 1.66. The molecule has 0 bridgehead atoms. The zero-order valence-electron chi connectivity index (χ0n) is 17.1. The van der Waals surface area contributed by atoms with E-state index in [0.717, 1.165) is 22.6 Å². The van der Waals surface area contributed by atoms with Gasteiger partial charge < -0.3 is 14.5 Å². The van der Waals surface area contributed by atoms with Gasteiger partial charge in [0.15, 0.2) is 6.10 Å². The summed E-state index contributed by atoms with van der Waals surface area (Å²) in [6.45, 7) is 5.09. The predicted octanol–water partition coefficient (Wildman–Crippen LogP) is 4.92. The number of methoxy groups -OCH3 is 1. The first-order valence-corrected chi connectivity index (χ1v) is 10.2. The SMILES string of the molecule is COc1ccc(C2=NO[C@@H](CN(Cc3cccc(Cl)c3)C(=O)CC(C)C)C2)cc1. The highest BCUT2D eigenvalue weighted by molar-refractivity contribution is 6.30. The smallest absolute Gasteiger partial charge is 0.223 e. The van der Waals surface area contributed by atoms with Crippen LogP contribution in [0.3, 0.4) is 0 Å². The Kier molecular flexibility index (Phi) is 7.15. The van der Waals surface area contributed by atoms with E-state index in [1.54, 1.807) is 7.11 Å². The van der Waals surface area contributed by atoms with Gasteiger partial charge in [-0.25, -0.2) is 0 Å². The van der Waals surface area contributed by atoms with E-state index in [9.17, 15) is 4.79 Å². The summed E-state index contributed by atoms with van der Waals surface area (Å²) >= 11 is 6.12. The molecule has 2 aromatic rings. The molecule has 0 saturated carbocycles. The van der Waals surface area contributed by atoms with Crippen molar-refractivity contribution in [3.05, 3.63) is 64.7 Å². The monoisotopic (exact) mass is 414 g/mol. The number of carbonyl (C=O) groups excluding carboxylic acids is 1. The van der Waals surface area contributed by atoms with Crippen LogP contribution in [0.5, 0.6) is 5.75 Å². The molecule has 0 radical (unpaired) electrons. The van der Waals surface area contributed by atoms with Gasteiger partial charge in [0.25, 0.3) is 0 Å². The van der Waals surface area contributed by atoms with Crippen LogP contribution in [0, 0.1) is 5.92 Å². The molecule has 29 heavy (non-hydrogen) atoms. The van der Waals surface area contributed by atoms with Crippen molar-refractivity contribution in [2.45, 2.75) is 39.3 Å². The van der Waals surface area contributed by atoms with Gasteiger partial charge in [0, 0.05) is 24.4 Å². The van der Waals surface area contributed by atoms with Crippen LogP contribution in [0.1, 0.15) is 37.8 Å². The second-order valence-corrected chi connectivity index (χ2v) is 8.14. The molecule has 1 aliphatic heterocycles. The van der Waals surface area contributed by atoms with Crippen LogP contribution in [-0.4, -0.2) is 36.3 Å². The largest absolute Gasteiger partial charge is 0.497 e. The van der Waals surface area contributed by atoms with Crippen molar-refractivity contribution < 1.29 is 14.4 Å². The number of oxime groups is 1. The van der Waals surface area contributed by atoms with E-state index in [1.807, 2.05) is 67.3 Å². The highest BCUT2D eigenvalue weighted by Gasteiger charge is 2.27. The van der Waals surface area contributed by atoms with Crippen LogP contribution >= 0.6 is 11.6 Å². The van der Waals surface area contributed by atoms with Gasteiger partial charge in [-0.05, 0) is 53.4 Å². The lowest BCUT2D eigenvalue weighted by atomic mass is 10.0. The topological polar surface area (TPSA) is 51.1 Å². The van der Waals surface area contributed by atoms with Gasteiger partial charge in [0.2, 0.25) is 5.91 Å². The van der Waals surface area contributed by atoms with Crippen LogP contribution < -0.4 is 4.74 Å². The standard InChI is InChI=1S/C23H27ClN2O3/c1-16(2)11-23(27)26(14-17-5-4-6-19(24)12-17)15-21-13-22(25-29-21)18-7-9-20(28-3)10-8-18/h4-10,12,16,21H,11,13-15H2,1-3H3/t21-/m1/s1. The Hall–Kier alpha value is -2.53. The molecule has 154 valence electrons. The minimum absolute atomic E-state index is 0.112. The van der Waals surface area contributed by atoms with Crippen molar-refractivity contribution in [3.63, 3.8) is 0 Å². The number of halogens is 1. The second kappa shape index (κ2) is 9.79. The lowest BCUT2D eigenvalue weighted by molar-refractivity contribution is -0.134. The average molecular weight is 415 g/mol. The summed E-state index contributed by atoms with van der Waals surface area (Å²) in [5, 5.41) is 4.92. The Morgan fingerprint density at radius 2 is 2.03 bits per heavy atom. The number of amides is 1.